The van der Waals surface area contributed by atoms with Crippen LogP contribution in [0.15, 0.2) is 77.6 Å². The van der Waals surface area contributed by atoms with Gasteiger partial charge in [0, 0.05) is 6.42 Å². The lowest BCUT2D eigenvalue weighted by atomic mass is 10.2. The largest absolute Gasteiger partial charge is 0.493 e. The van der Waals surface area contributed by atoms with Crippen molar-refractivity contribution in [2.24, 2.45) is 0 Å². The van der Waals surface area contributed by atoms with E-state index in [1.165, 1.54) is 11.3 Å². The van der Waals surface area contributed by atoms with Crippen LogP contribution in [0.5, 0.6) is 11.5 Å². The number of benzene rings is 3. The first-order chi connectivity index (χ1) is 15.7. The van der Waals surface area contributed by atoms with Crippen LogP contribution in [0.3, 0.4) is 0 Å². The van der Waals surface area contributed by atoms with E-state index in [9.17, 15) is 4.79 Å². The zero-order chi connectivity index (χ0) is 21.9. The number of para-hydroxylation sites is 3. The van der Waals surface area contributed by atoms with E-state index in [-0.39, 0.29) is 5.56 Å². The van der Waals surface area contributed by atoms with Crippen molar-refractivity contribution < 1.29 is 9.47 Å². The van der Waals surface area contributed by atoms with Crippen LogP contribution in [0.25, 0.3) is 22.1 Å². The molecule has 2 aromatic heterocycles. The number of nitrogens with zero attached hydrogens (tertiary/aromatic N) is 2. The Balaban J connectivity index is 1.22. The highest BCUT2D eigenvalue weighted by atomic mass is 35.5. The molecule has 0 saturated carbocycles. The first-order valence-electron chi connectivity index (χ1n) is 10.2. The van der Waals surface area contributed by atoms with E-state index in [1.807, 2.05) is 72.8 Å². The molecule has 0 aliphatic heterocycles. The van der Waals surface area contributed by atoms with Crippen molar-refractivity contribution >= 4 is 45.0 Å². The van der Waals surface area contributed by atoms with Crippen molar-refractivity contribution in [1.82, 2.24) is 9.38 Å². The van der Waals surface area contributed by atoms with E-state index in [0.717, 1.165) is 28.8 Å². The standard InChI is InChI=1S/C25H19ClN2O3S/c26-19-6-1-4-9-22(19)31-15-5-14-30-18-12-10-17(11-13-18)16-23-24(29)28-21-8-3-2-7-20(21)27-25(28)32-23/h1-4,6-13,16H,5,14-15H2/b23-16-. The predicted octanol–water partition coefficient (Wildman–Crippen LogP) is 4.96. The van der Waals surface area contributed by atoms with Crippen molar-refractivity contribution in [3.63, 3.8) is 0 Å². The minimum absolute atomic E-state index is 0.0439. The summed E-state index contributed by atoms with van der Waals surface area (Å²) in [6, 6.07) is 22.8. The Morgan fingerprint density at radius 1 is 0.938 bits per heavy atom. The fourth-order valence-corrected chi connectivity index (χ4v) is 4.59. The molecule has 0 aliphatic rings. The van der Waals surface area contributed by atoms with Gasteiger partial charge in [0.2, 0.25) is 0 Å². The molecule has 5 aromatic rings. The fraction of sp³-hybridized carbons (Fsp3) is 0.120. The molecule has 0 spiro atoms. The third kappa shape index (κ3) is 4.20. The number of thiazole rings is 1. The molecule has 5 nitrogen and oxygen atoms in total. The van der Waals surface area contributed by atoms with Gasteiger partial charge in [-0.2, -0.15) is 0 Å². The SMILES string of the molecule is O=c1/c(=C/c2ccc(OCCCOc3ccccc3Cl)cc2)sc2nc3ccccc3n12. The van der Waals surface area contributed by atoms with Crippen LogP contribution >= 0.6 is 22.9 Å². The van der Waals surface area contributed by atoms with Gasteiger partial charge >= 0.3 is 0 Å². The van der Waals surface area contributed by atoms with Gasteiger partial charge in [0.05, 0.1) is 33.8 Å². The molecular weight excluding hydrogens is 444 g/mol. The lowest BCUT2D eigenvalue weighted by Gasteiger charge is -2.09. The quantitative estimate of drug-likeness (QED) is 0.321. The highest BCUT2D eigenvalue weighted by Crippen LogP contribution is 2.23. The van der Waals surface area contributed by atoms with Gasteiger partial charge in [0.25, 0.3) is 5.56 Å². The molecule has 0 atom stereocenters. The Bertz CT molecular complexity index is 1490. The number of rotatable bonds is 7. The normalized spacial score (nSPS) is 12.0. The Hall–Kier alpha value is -3.35. The predicted molar refractivity (Wildman–Crippen MR) is 129 cm³/mol. The number of imidazole rings is 1. The average Bonchev–Trinajstić information content (AvgIpc) is 3.32. The van der Waals surface area contributed by atoms with Gasteiger partial charge < -0.3 is 9.47 Å². The van der Waals surface area contributed by atoms with Gasteiger partial charge in [-0.3, -0.25) is 4.79 Å². The van der Waals surface area contributed by atoms with Crippen LogP contribution in [-0.2, 0) is 0 Å². The number of ether oxygens (including phenoxy) is 2. The van der Waals surface area contributed by atoms with E-state index in [2.05, 4.69) is 4.98 Å². The second-order valence-electron chi connectivity index (χ2n) is 7.18. The summed E-state index contributed by atoms with van der Waals surface area (Å²) in [6.07, 6.45) is 2.62. The van der Waals surface area contributed by atoms with Gasteiger partial charge in [0.1, 0.15) is 11.5 Å². The van der Waals surface area contributed by atoms with Crippen molar-refractivity contribution in [1.29, 1.82) is 0 Å². The van der Waals surface area contributed by atoms with E-state index in [0.29, 0.717) is 33.5 Å². The summed E-state index contributed by atoms with van der Waals surface area (Å²) in [6.45, 7) is 1.06. The molecule has 0 unspecified atom stereocenters. The molecule has 160 valence electrons. The number of fused-ring (bicyclic) bond motifs is 3. The number of halogens is 1. The Labute approximate surface area is 193 Å². The molecular formula is C25H19ClN2O3S. The summed E-state index contributed by atoms with van der Waals surface area (Å²) in [5, 5.41) is 0.605. The number of hydrogen-bond donors (Lipinski definition) is 0. The minimum Gasteiger partial charge on any atom is -0.493 e. The van der Waals surface area contributed by atoms with E-state index >= 15 is 0 Å². The van der Waals surface area contributed by atoms with Crippen molar-refractivity contribution in [3.8, 4) is 11.5 Å². The Kier molecular flexibility index (Phi) is 5.79. The van der Waals surface area contributed by atoms with Gasteiger partial charge in [-0.15, -0.1) is 0 Å². The van der Waals surface area contributed by atoms with Crippen LogP contribution in [0.1, 0.15) is 12.0 Å². The fourth-order valence-electron chi connectivity index (χ4n) is 3.42. The van der Waals surface area contributed by atoms with E-state index in [1.54, 1.807) is 10.5 Å². The highest BCUT2D eigenvalue weighted by molar-refractivity contribution is 7.15. The van der Waals surface area contributed by atoms with Crippen LogP contribution in [0.4, 0.5) is 0 Å². The van der Waals surface area contributed by atoms with Crippen LogP contribution in [-0.4, -0.2) is 22.6 Å². The summed E-state index contributed by atoms with van der Waals surface area (Å²) in [4.78, 5) is 18.1. The number of hydrogen-bond acceptors (Lipinski definition) is 5. The summed E-state index contributed by atoms with van der Waals surface area (Å²) in [5.41, 5.74) is 2.56. The Morgan fingerprint density at radius 3 is 2.53 bits per heavy atom. The summed E-state index contributed by atoms with van der Waals surface area (Å²) in [7, 11) is 0. The van der Waals surface area contributed by atoms with Crippen LogP contribution in [0.2, 0.25) is 5.02 Å². The van der Waals surface area contributed by atoms with E-state index < -0.39 is 0 Å². The molecule has 2 heterocycles. The summed E-state index contributed by atoms with van der Waals surface area (Å²) >= 11 is 7.47. The molecule has 3 aromatic carbocycles. The van der Waals surface area contributed by atoms with Gasteiger partial charge in [-0.1, -0.05) is 59.3 Å². The maximum absolute atomic E-state index is 12.9. The van der Waals surface area contributed by atoms with Gasteiger partial charge in [-0.05, 0) is 48.0 Å². The topological polar surface area (TPSA) is 52.8 Å². The zero-order valence-electron chi connectivity index (χ0n) is 17.0. The van der Waals surface area contributed by atoms with Gasteiger partial charge in [-0.25, -0.2) is 9.38 Å². The maximum Gasteiger partial charge on any atom is 0.274 e. The summed E-state index contributed by atoms with van der Waals surface area (Å²) in [5.74, 6) is 1.45. The monoisotopic (exact) mass is 462 g/mol. The molecule has 0 bridgehead atoms. The third-order valence-corrected chi connectivity index (χ3v) is 6.26. The molecule has 0 amide bonds. The van der Waals surface area contributed by atoms with Crippen molar-refractivity contribution in [2.45, 2.75) is 6.42 Å². The third-order valence-electron chi connectivity index (χ3n) is 4.97. The zero-order valence-corrected chi connectivity index (χ0v) is 18.6. The van der Waals surface area contributed by atoms with E-state index in [4.69, 9.17) is 21.1 Å². The van der Waals surface area contributed by atoms with Crippen LogP contribution in [0, 0.1) is 0 Å². The van der Waals surface area contributed by atoms with Crippen molar-refractivity contribution in [2.75, 3.05) is 13.2 Å². The molecule has 0 fully saturated rings. The summed E-state index contributed by atoms with van der Waals surface area (Å²) < 4.78 is 13.8. The first-order valence-corrected chi connectivity index (χ1v) is 11.4. The number of aromatic nitrogens is 2. The lowest BCUT2D eigenvalue weighted by Crippen LogP contribution is -2.22. The molecule has 0 saturated heterocycles. The lowest BCUT2D eigenvalue weighted by molar-refractivity contribution is 0.247. The molecule has 7 heteroatoms. The maximum atomic E-state index is 12.9. The second kappa shape index (κ2) is 9.02. The molecule has 0 radical (unpaired) electrons. The Morgan fingerprint density at radius 2 is 1.69 bits per heavy atom. The highest BCUT2D eigenvalue weighted by Gasteiger charge is 2.10. The average molecular weight is 463 g/mol. The smallest absolute Gasteiger partial charge is 0.274 e. The van der Waals surface area contributed by atoms with Crippen molar-refractivity contribution in [3.05, 3.63) is 98.3 Å². The van der Waals surface area contributed by atoms with Crippen LogP contribution < -0.4 is 19.6 Å². The van der Waals surface area contributed by atoms with Gasteiger partial charge in [0.15, 0.2) is 4.96 Å². The molecule has 32 heavy (non-hydrogen) atoms. The molecule has 5 rings (SSSR count). The first kappa shape index (κ1) is 20.5. The second-order valence-corrected chi connectivity index (χ2v) is 8.60. The molecule has 0 aliphatic carbocycles. The molecule has 0 N–H and O–H groups in total. The minimum atomic E-state index is -0.0439.